The summed E-state index contributed by atoms with van der Waals surface area (Å²) in [6.45, 7) is 8.99. The van der Waals surface area contributed by atoms with Crippen molar-refractivity contribution < 1.29 is 22.8 Å². The number of carbonyl (C=O) groups excluding carboxylic acids is 2. The van der Waals surface area contributed by atoms with Crippen LogP contribution in [0.1, 0.15) is 71.5 Å². The smallest absolute Gasteiger partial charge is 0.349 e. The third-order valence-corrected chi connectivity index (χ3v) is 9.32. The lowest BCUT2D eigenvalue weighted by atomic mass is 9.58. The molecule has 1 aromatic heterocycles. The van der Waals surface area contributed by atoms with Crippen LogP contribution in [0.5, 0.6) is 0 Å². The molecule has 2 fully saturated rings. The molecule has 3 aliphatic rings. The molecule has 11 heteroatoms. The van der Waals surface area contributed by atoms with Gasteiger partial charge in [0.2, 0.25) is 5.91 Å². The Morgan fingerprint density at radius 1 is 1.16 bits per heavy atom. The van der Waals surface area contributed by atoms with Gasteiger partial charge in [-0.2, -0.15) is 13.2 Å². The van der Waals surface area contributed by atoms with Gasteiger partial charge in [-0.15, -0.1) is 10.2 Å². The number of rotatable bonds is 7. The maximum Gasteiger partial charge on any atom is 0.416 e. The summed E-state index contributed by atoms with van der Waals surface area (Å²) in [5, 5.41) is 11.4. The molecule has 8 nitrogen and oxygen atoms in total. The summed E-state index contributed by atoms with van der Waals surface area (Å²) in [6, 6.07) is 10.2. The van der Waals surface area contributed by atoms with E-state index in [1.165, 1.54) is 17.0 Å². The number of hydrogen-bond donors (Lipinski definition) is 1. The molecule has 2 aromatic carbocycles. The van der Waals surface area contributed by atoms with Gasteiger partial charge >= 0.3 is 6.18 Å². The average molecular weight is 607 g/mol. The van der Waals surface area contributed by atoms with Gasteiger partial charge in [0.1, 0.15) is 12.2 Å². The van der Waals surface area contributed by atoms with E-state index in [1.54, 1.807) is 18.5 Å². The number of carbonyl (C=O) groups is 2. The fourth-order valence-electron chi connectivity index (χ4n) is 7.60. The van der Waals surface area contributed by atoms with Gasteiger partial charge in [-0.05, 0) is 78.1 Å². The second-order valence-electron chi connectivity index (χ2n) is 12.9. The van der Waals surface area contributed by atoms with E-state index in [4.69, 9.17) is 0 Å². The van der Waals surface area contributed by atoms with Crippen LogP contribution >= 0.6 is 0 Å². The number of anilines is 1. The zero-order chi connectivity index (χ0) is 31.4. The molecule has 44 heavy (non-hydrogen) atoms. The van der Waals surface area contributed by atoms with E-state index in [2.05, 4.69) is 35.9 Å². The van der Waals surface area contributed by atoms with Crippen LogP contribution in [-0.4, -0.2) is 50.6 Å². The minimum absolute atomic E-state index is 0.0000639. The average Bonchev–Trinajstić information content (AvgIpc) is 3.52. The molecule has 1 saturated carbocycles. The number of aryl methyl sites for hydroxylation is 1. The van der Waals surface area contributed by atoms with Gasteiger partial charge in [-0.3, -0.25) is 14.5 Å². The highest BCUT2D eigenvalue weighted by Gasteiger charge is 2.48. The molecule has 0 radical (unpaired) electrons. The Balaban J connectivity index is 1.30. The molecule has 6 rings (SSSR count). The number of fused-ring (bicyclic) bond motifs is 1. The number of piperidine rings is 1. The Kier molecular flexibility index (Phi) is 7.63. The van der Waals surface area contributed by atoms with Crippen LogP contribution in [0.4, 0.5) is 18.9 Å². The normalized spacial score (nSPS) is 25.5. The summed E-state index contributed by atoms with van der Waals surface area (Å²) in [7, 11) is 1.91. The Hall–Kier alpha value is -3.99. The van der Waals surface area contributed by atoms with Gasteiger partial charge in [0.25, 0.3) is 5.91 Å². The number of likely N-dealkylation sites (tertiary alicyclic amines) is 1. The molecule has 1 saturated heterocycles. The van der Waals surface area contributed by atoms with Crippen molar-refractivity contribution in [2.45, 2.75) is 63.8 Å². The molecular formula is C33H37F3N6O2. The first-order valence-electron chi connectivity index (χ1n) is 15.0. The number of nitrogens with one attached hydrogen (secondary N) is 1. The number of hydrogen-bond acceptors (Lipinski definition) is 5. The van der Waals surface area contributed by atoms with E-state index >= 15 is 0 Å². The minimum Gasteiger partial charge on any atom is -0.349 e. The van der Waals surface area contributed by atoms with Gasteiger partial charge in [-0.1, -0.05) is 32.6 Å². The molecule has 3 aromatic rings. The lowest BCUT2D eigenvalue weighted by Crippen LogP contribution is -2.49. The Bertz CT molecular complexity index is 1610. The van der Waals surface area contributed by atoms with E-state index in [9.17, 15) is 22.8 Å². The molecule has 0 bridgehead atoms. The highest BCUT2D eigenvalue weighted by molar-refractivity contribution is 6.10. The quantitative estimate of drug-likeness (QED) is 0.373. The number of halogens is 3. The van der Waals surface area contributed by atoms with Gasteiger partial charge < -0.3 is 14.8 Å². The van der Waals surface area contributed by atoms with Crippen molar-refractivity contribution in [3.05, 3.63) is 89.0 Å². The summed E-state index contributed by atoms with van der Waals surface area (Å²) < 4.78 is 45.3. The van der Waals surface area contributed by atoms with Crippen LogP contribution in [0, 0.1) is 11.8 Å². The second-order valence-corrected chi connectivity index (χ2v) is 12.9. The second kappa shape index (κ2) is 11.2. The van der Waals surface area contributed by atoms with Crippen LogP contribution in [0.25, 0.3) is 0 Å². The van der Waals surface area contributed by atoms with Crippen LogP contribution < -0.4 is 10.2 Å². The molecule has 232 valence electrons. The van der Waals surface area contributed by atoms with Crippen LogP contribution in [-0.2, 0) is 36.5 Å². The third-order valence-electron chi connectivity index (χ3n) is 9.32. The van der Waals surface area contributed by atoms with Crippen molar-refractivity contribution in [3.8, 4) is 0 Å². The fraction of sp³-hybridized carbons (Fsp3) is 0.455. The topological polar surface area (TPSA) is 83.4 Å². The first-order valence-corrected chi connectivity index (χ1v) is 15.0. The van der Waals surface area contributed by atoms with Crippen molar-refractivity contribution in [1.82, 2.24) is 25.0 Å². The van der Waals surface area contributed by atoms with Crippen molar-refractivity contribution in [3.63, 3.8) is 0 Å². The highest BCUT2D eigenvalue weighted by Crippen LogP contribution is 2.52. The Labute approximate surface area is 254 Å². The summed E-state index contributed by atoms with van der Waals surface area (Å²) in [5.74, 6) is 0.846. The predicted octanol–water partition coefficient (Wildman–Crippen LogP) is 5.22. The van der Waals surface area contributed by atoms with Crippen molar-refractivity contribution in [2.75, 3.05) is 18.0 Å². The molecule has 1 N–H and O–H groups in total. The van der Waals surface area contributed by atoms with Crippen molar-refractivity contribution in [1.29, 1.82) is 0 Å². The van der Waals surface area contributed by atoms with Crippen LogP contribution in [0.3, 0.4) is 0 Å². The first kappa shape index (κ1) is 30.1. The number of nitrogens with zero attached hydrogens (tertiary/aromatic N) is 5. The molecule has 2 amide bonds. The third kappa shape index (κ3) is 5.42. The zero-order valence-electron chi connectivity index (χ0n) is 25.2. The zero-order valence-corrected chi connectivity index (χ0v) is 25.2. The van der Waals surface area contributed by atoms with E-state index in [-0.39, 0.29) is 47.5 Å². The first-order chi connectivity index (χ1) is 20.9. The van der Waals surface area contributed by atoms with Gasteiger partial charge in [0.15, 0.2) is 0 Å². The fourth-order valence-corrected chi connectivity index (χ4v) is 7.60. The molecular weight excluding hydrogens is 569 g/mol. The van der Waals surface area contributed by atoms with Crippen LogP contribution in [0.2, 0.25) is 0 Å². The number of alkyl halides is 3. The molecule has 0 spiro atoms. The summed E-state index contributed by atoms with van der Waals surface area (Å²) in [6.07, 6.45) is 0.776. The SMILES string of the molecule is C=CC(=O)NC1CC(C)CN(Cc2cc3c(c(C(F)(F)F)c2)CN(c2cccc(C4(c5nncn5C)CC(C)C4)c2)C3=O)C1. The summed E-state index contributed by atoms with van der Waals surface area (Å²) >= 11 is 0. The maximum atomic E-state index is 14.5. The monoisotopic (exact) mass is 606 g/mol. The van der Waals surface area contributed by atoms with E-state index < -0.39 is 17.6 Å². The number of amides is 2. The minimum atomic E-state index is -4.62. The van der Waals surface area contributed by atoms with Crippen LogP contribution in [0.15, 0.2) is 55.4 Å². The lowest BCUT2D eigenvalue weighted by molar-refractivity contribution is -0.138. The molecule has 2 unspecified atom stereocenters. The predicted molar refractivity (Wildman–Crippen MR) is 160 cm³/mol. The van der Waals surface area contributed by atoms with Gasteiger partial charge in [-0.25, -0.2) is 0 Å². The van der Waals surface area contributed by atoms with Crippen molar-refractivity contribution >= 4 is 17.5 Å². The molecule has 2 atom stereocenters. The summed E-state index contributed by atoms with van der Waals surface area (Å²) in [5.41, 5.74) is 0.902. The molecule has 2 aliphatic heterocycles. The molecule has 3 heterocycles. The summed E-state index contributed by atoms with van der Waals surface area (Å²) in [4.78, 5) is 29.2. The molecule has 1 aliphatic carbocycles. The highest BCUT2D eigenvalue weighted by atomic mass is 19.4. The lowest BCUT2D eigenvalue weighted by Gasteiger charge is -2.46. The Morgan fingerprint density at radius 2 is 1.93 bits per heavy atom. The number of benzene rings is 2. The maximum absolute atomic E-state index is 14.5. The van der Waals surface area contributed by atoms with Gasteiger partial charge in [0.05, 0.1) is 17.5 Å². The van der Waals surface area contributed by atoms with E-state index in [0.29, 0.717) is 30.3 Å². The van der Waals surface area contributed by atoms with E-state index in [1.807, 2.05) is 34.7 Å². The van der Waals surface area contributed by atoms with E-state index in [0.717, 1.165) is 30.7 Å². The standard InChI is InChI=1S/C33H37F3N6O2/c1-5-29(43)38-24-9-20(2)15-41(17-24)16-22-10-26-27(28(11-22)33(34,35)36)18-42(30(26)44)25-8-6-7-23(12-25)32(13-21(3)14-32)31-39-37-19-40(31)4/h5-8,10-12,19-21,24H,1,9,13-18H2,2-4H3,(H,38,43). The largest absolute Gasteiger partial charge is 0.416 e. The van der Waals surface area contributed by atoms with Gasteiger partial charge in [0, 0.05) is 44.0 Å². The number of aromatic nitrogens is 3. The van der Waals surface area contributed by atoms with Crippen molar-refractivity contribution in [2.24, 2.45) is 18.9 Å². The Morgan fingerprint density at radius 3 is 2.59 bits per heavy atom.